The van der Waals surface area contributed by atoms with Crippen LogP contribution in [0, 0.1) is 0 Å². The molecule has 0 saturated heterocycles. The molecule has 18 heavy (non-hydrogen) atoms. The van der Waals surface area contributed by atoms with Gasteiger partial charge in [0.2, 0.25) is 5.91 Å². The van der Waals surface area contributed by atoms with Gasteiger partial charge in [-0.2, -0.15) is 0 Å². The first kappa shape index (κ1) is 11.6. The highest BCUT2D eigenvalue weighted by Gasteiger charge is 2.27. The number of primary amides is 1. The Morgan fingerprint density at radius 1 is 1.39 bits per heavy atom. The second kappa shape index (κ2) is 4.65. The predicted octanol–water partition coefficient (Wildman–Crippen LogP) is 0.418. The zero-order valence-electron chi connectivity index (χ0n) is 10.4. The first-order chi connectivity index (χ1) is 8.74. The zero-order chi connectivity index (χ0) is 12.5. The average molecular weight is 246 g/mol. The van der Waals surface area contributed by atoms with Crippen LogP contribution in [0.15, 0.2) is 0 Å². The van der Waals surface area contributed by atoms with Gasteiger partial charge in [0.15, 0.2) is 0 Å². The lowest BCUT2D eigenvalue weighted by molar-refractivity contribution is -0.117. The fourth-order valence-corrected chi connectivity index (χ4v) is 2.68. The van der Waals surface area contributed by atoms with E-state index in [4.69, 9.17) is 5.73 Å². The largest absolute Gasteiger partial charge is 0.369 e. The molecule has 0 spiro atoms. The van der Waals surface area contributed by atoms with Crippen molar-refractivity contribution in [2.75, 3.05) is 6.54 Å². The van der Waals surface area contributed by atoms with Crippen LogP contribution in [0.4, 0.5) is 0 Å². The van der Waals surface area contributed by atoms with Crippen LogP contribution in [0.25, 0.3) is 0 Å². The third kappa shape index (κ3) is 2.10. The zero-order valence-corrected chi connectivity index (χ0v) is 10.4. The normalized spacial score (nSPS) is 19.1. The van der Waals surface area contributed by atoms with Gasteiger partial charge >= 0.3 is 0 Å². The molecular weight excluding hydrogens is 228 g/mol. The molecule has 1 aromatic rings. The average Bonchev–Trinajstić information content (AvgIpc) is 2.25. The van der Waals surface area contributed by atoms with Crippen LogP contribution in [0.1, 0.15) is 48.0 Å². The molecule has 1 aliphatic heterocycles. The molecule has 5 heteroatoms. The number of hydrogen-bond acceptors (Lipinski definition) is 4. The summed E-state index contributed by atoms with van der Waals surface area (Å²) in [5, 5.41) is 3.37. The molecule has 3 N–H and O–H groups in total. The number of hydrogen-bond donors (Lipinski definition) is 2. The molecule has 1 aliphatic carbocycles. The minimum atomic E-state index is -0.358. The predicted molar refractivity (Wildman–Crippen MR) is 66.9 cm³/mol. The molecule has 1 amide bonds. The fraction of sp³-hybridized carbons (Fsp3) is 0.615. The van der Waals surface area contributed by atoms with Crippen molar-refractivity contribution in [2.45, 2.75) is 44.6 Å². The van der Waals surface area contributed by atoms with Gasteiger partial charge in [-0.15, -0.1) is 0 Å². The number of aromatic nitrogens is 2. The first-order valence-electron chi connectivity index (χ1n) is 6.61. The van der Waals surface area contributed by atoms with Crippen LogP contribution in [0.5, 0.6) is 0 Å². The summed E-state index contributed by atoms with van der Waals surface area (Å²) < 4.78 is 0. The third-order valence-corrected chi connectivity index (χ3v) is 3.84. The lowest BCUT2D eigenvalue weighted by Crippen LogP contribution is -2.29. The van der Waals surface area contributed by atoms with E-state index in [0.29, 0.717) is 11.7 Å². The van der Waals surface area contributed by atoms with Crippen LogP contribution in [0.3, 0.4) is 0 Å². The van der Waals surface area contributed by atoms with E-state index in [1.165, 1.54) is 24.8 Å². The summed E-state index contributed by atoms with van der Waals surface area (Å²) in [5.41, 5.74) is 8.78. The van der Waals surface area contributed by atoms with E-state index < -0.39 is 0 Å². The van der Waals surface area contributed by atoms with Crippen molar-refractivity contribution in [3.63, 3.8) is 0 Å². The second-order valence-electron chi connectivity index (χ2n) is 5.15. The SMILES string of the molecule is NC(=O)Cc1nc2c(c(C3CCC3)n1)CNCC2. The van der Waals surface area contributed by atoms with Crippen molar-refractivity contribution >= 4 is 5.91 Å². The molecule has 1 fully saturated rings. The molecule has 96 valence electrons. The highest BCUT2D eigenvalue weighted by Crippen LogP contribution is 2.38. The van der Waals surface area contributed by atoms with E-state index in [-0.39, 0.29) is 12.3 Å². The van der Waals surface area contributed by atoms with Crippen molar-refractivity contribution in [3.8, 4) is 0 Å². The molecule has 5 nitrogen and oxygen atoms in total. The van der Waals surface area contributed by atoms with Crippen LogP contribution in [0.2, 0.25) is 0 Å². The van der Waals surface area contributed by atoms with Gasteiger partial charge in [-0.3, -0.25) is 4.79 Å². The standard InChI is InChI=1S/C13H18N4O/c14-11(18)6-12-16-10-4-5-15-7-9(10)13(17-12)8-2-1-3-8/h8,15H,1-7H2,(H2,14,18). The highest BCUT2D eigenvalue weighted by molar-refractivity contribution is 5.75. The van der Waals surface area contributed by atoms with E-state index in [2.05, 4.69) is 15.3 Å². The summed E-state index contributed by atoms with van der Waals surface area (Å²) in [7, 11) is 0. The van der Waals surface area contributed by atoms with Crippen LogP contribution in [-0.2, 0) is 24.2 Å². The van der Waals surface area contributed by atoms with Crippen LogP contribution < -0.4 is 11.1 Å². The van der Waals surface area contributed by atoms with Gasteiger partial charge < -0.3 is 11.1 Å². The molecule has 0 atom stereocenters. The molecule has 0 aromatic carbocycles. The van der Waals surface area contributed by atoms with Gasteiger partial charge in [0, 0.05) is 31.0 Å². The molecule has 1 aromatic heterocycles. The lowest BCUT2D eigenvalue weighted by atomic mass is 9.80. The van der Waals surface area contributed by atoms with Crippen molar-refractivity contribution in [2.24, 2.45) is 5.73 Å². The number of nitrogens with two attached hydrogens (primary N) is 1. The first-order valence-corrected chi connectivity index (χ1v) is 6.61. The summed E-state index contributed by atoms with van der Waals surface area (Å²) in [6, 6.07) is 0. The number of rotatable bonds is 3. The molecule has 2 aliphatic rings. The number of fused-ring (bicyclic) bond motifs is 1. The molecule has 2 heterocycles. The summed E-state index contributed by atoms with van der Waals surface area (Å²) in [6.45, 7) is 1.81. The third-order valence-electron chi connectivity index (χ3n) is 3.84. The van der Waals surface area contributed by atoms with Gasteiger partial charge in [-0.25, -0.2) is 9.97 Å². The van der Waals surface area contributed by atoms with E-state index in [1.807, 2.05) is 0 Å². The van der Waals surface area contributed by atoms with E-state index in [9.17, 15) is 4.79 Å². The molecule has 0 bridgehead atoms. The summed E-state index contributed by atoms with van der Waals surface area (Å²) in [5.74, 6) is 0.807. The Morgan fingerprint density at radius 3 is 2.89 bits per heavy atom. The Bertz CT molecular complexity index is 482. The highest BCUT2D eigenvalue weighted by atomic mass is 16.1. The van der Waals surface area contributed by atoms with Crippen molar-refractivity contribution in [3.05, 3.63) is 22.8 Å². The second-order valence-corrected chi connectivity index (χ2v) is 5.15. The Hall–Kier alpha value is -1.49. The minimum Gasteiger partial charge on any atom is -0.369 e. The number of carbonyl (C=O) groups excluding carboxylic acids is 1. The number of nitrogens with one attached hydrogen (secondary N) is 1. The maximum atomic E-state index is 11.0. The molecule has 0 radical (unpaired) electrons. The van der Waals surface area contributed by atoms with Gasteiger partial charge in [0.1, 0.15) is 5.82 Å². The van der Waals surface area contributed by atoms with Gasteiger partial charge in [0.05, 0.1) is 17.8 Å². The molecule has 1 saturated carbocycles. The van der Waals surface area contributed by atoms with Crippen molar-refractivity contribution in [1.82, 2.24) is 15.3 Å². The van der Waals surface area contributed by atoms with E-state index in [0.717, 1.165) is 30.9 Å². The topological polar surface area (TPSA) is 80.9 Å². The van der Waals surface area contributed by atoms with Crippen LogP contribution in [-0.4, -0.2) is 22.4 Å². The van der Waals surface area contributed by atoms with E-state index in [1.54, 1.807) is 0 Å². The van der Waals surface area contributed by atoms with Crippen molar-refractivity contribution in [1.29, 1.82) is 0 Å². The molecular formula is C13H18N4O. The number of nitrogens with zero attached hydrogens (tertiary/aromatic N) is 2. The Labute approximate surface area is 106 Å². The minimum absolute atomic E-state index is 0.153. The smallest absolute Gasteiger partial charge is 0.225 e. The van der Waals surface area contributed by atoms with Gasteiger partial charge in [0.25, 0.3) is 0 Å². The Kier molecular flexibility index (Phi) is 2.99. The maximum Gasteiger partial charge on any atom is 0.225 e. The lowest BCUT2D eigenvalue weighted by Gasteiger charge is -2.29. The van der Waals surface area contributed by atoms with Gasteiger partial charge in [-0.05, 0) is 12.8 Å². The molecule has 0 unspecified atom stereocenters. The fourth-order valence-electron chi connectivity index (χ4n) is 2.68. The van der Waals surface area contributed by atoms with Crippen LogP contribution >= 0.6 is 0 Å². The summed E-state index contributed by atoms with van der Waals surface area (Å²) in [6.07, 6.45) is 4.77. The quantitative estimate of drug-likeness (QED) is 0.809. The number of carbonyl (C=O) groups is 1. The van der Waals surface area contributed by atoms with Crippen molar-refractivity contribution < 1.29 is 4.79 Å². The monoisotopic (exact) mass is 246 g/mol. The van der Waals surface area contributed by atoms with E-state index >= 15 is 0 Å². The summed E-state index contributed by atoms with van der Waals surface area (Å²) >= 11 is 0. The summed E-state index contributed by atoms with van der Waals surface area (Å²) in [4.78, 5) is 20.1. The number of amides is 1. The van der Waals surface area contributed by atoms with Gasteiger partial charge in [-0.1, -0.05) is 6.42 Å². The maximum absolute atomic E-state index is 11.0. The Balaban J connectivity index is 2.00. The Morgan fingerprint density at radius 2 is 2.22 bits per heavy atom. The molecule has 3 rings (SSSR count).